The summed E-state index contributed by atoms with van der Waals surface area (Å²) in [5.74, 6) is 0.651. The van der Waals surface area contributed by atoms with Crippen molar-refractivity contribution in [1.29, 1.82) is 0 Å². The van der Waals surface area contributed by atoms with E-state index in [2.05, 4.69) is 34.9 Å². The SMILES string of the molecule is Cc1nn(C)c(CCC(Br)C(C)C)c1Cl. The van der Waals surface area contributed by atoms with Crippen molar-refractivity contribution in [1.82, 2.24) is 9.78 Å². The average molecular weight is 294 g/mol. The molecule has 0 radical (unpaired) electrons. The fraction of sp³-hybridized carbons (Fsp3) is 0.727. The highest BCUT2D eigenvalue weighted by Gasteiger charge is 2.14. The minimum Gasteiger partial charge on any atom is -0.271 e. The fourth-order valence-electron chi connectivity index (χ4n) is 1.56. The Kier molecular flexibility index (Phi) is 4.65. The molecule has 0 bridgehead atoms. The standard InChI is InChI=1S/C11H18BrClN2/c1-7(2)9(12)5-6-10-11(13)8(3)14-15(10)4/h7,9H,5-6H2,1-4H3. The van der Waals surface area contributed by atoms with E-state index in [4.69, 9.17) is 11.6 Å². The van der Waals surface area contributed by atoms with E-state index in [0.29, 0.717) is 10.7 Å². The molecule has 15 heavy (non-hydrogen) atoms. The number of halogens is 2. The minimum absolute atomic E-state index is 0.545. The molecule has 1 heterocycles. The lowest BCUT2D eigenvalue weighted by Gasteiger charge is -2.13. The van der Waals surface area contributed by atoms with Crippen LogP contribution in [0.3, 0.4) is 0 Å². The Morgan fingerprint density at radius 2 is 2.07 bits per heavy atom. The number of hydrogen-bond acceptors (Lipinski definition) is 1. The second kappa shape index (κ2) is 5.35. The summed E-state index contributed by atoms with van der Waals surface area (Å²) in [7, 11) is 1.95. The van der Waals surface area contributed by atoms with E-state index in [-0.39, 0.29) is 0 Å². The third kappa shape index (κ3) is 3.22. The largest absolute Gasteiger partial charge is 0.271 e. The van der Waals surface area contributed by atoms with Crippen LogP contribution in [0, 0.1) is 12.8 Å². The average Bonchev–Trinajstić information content (AvgIpc) is 2.38. The molecule has 0 saturated heterocycles. The van der Waals surface area contributed by atoms with Gasteiger partial charge in [0.05, 0.1) is 16.4 Å². The minimum atomic E-state index is 0.545. The first-order chi connectivity index (χ1) is 6.93. The molecule has 0 N–H and O–H groups in total. The van der Waals surface area contributed by atoms with E-state index in [9.17, 15) is 0 Å². The molecular formula is C11H18BrClN2. The number of aromatic nitrogens is 2. The van der Waals surface area contributed by atoms with Crippen molar-refractivity contribution in [2.24, 2.45) is 13.0 Å². The summed E-state index contributed by atoms with van der Waals surface area (Å²) in [5.41, 5.74) is 2.06. The summed E-state index contributed by atoms with van der Waals surface area (Å²) in [6.45, 7) is 6.38. The molecule has 0 aliphatic heterocycles. The zero-order chi connectivity index (χ0) is 11.6. The van der Waals surface area contributed by atoms with E-state index in [1.165, 1.54) is 0 Å². The van der Waals surface area contributed by atoms with Crippen molar-refractivity contribution < 1.29 is 0 Å². The quantitative estimate of drug-likeness (QED) is 0.773. The van der Waals surface area contributed by atoms with Gasteiger partial charge in [0.2, 0.25) is 0 Å². The van der Waals surface area contributed by atoms with E-state index < -0.39 is 0 Å². The maximum Gasteiger partial charge on any atom is 0.0846 e. The van der Waals surface area contributed by atoms with Crippen LogP contribution in [-0.2, 0) is 13.5 Å². The summed E-state index contributed by atoms with van der Waals surface area (Å²) < 4.78 is 1.89. The van der Waals surface area contributed by atoms with Crippen LogP contribution in [0.2, 0.25) is 5.02 Å². The van der Waals surface area contributed by atoms with Crippen molar-refractivity contribution >= 4 is 27.5 Å². The van der Waals surface area contributed by atoms with Crippen LogP contribution in [0.1, 0.15) is 31.7 Å². The summed E-state index contributed by atoms with van der Waals surface area (Å²) in [6, 6.07) is 0. The molecule has 0 aliphatic carbocycles. The normalized spacial score (nSPS) is 13.5. The Morgan fingerprint density at radius 3 is 2.47 bits per heavy atom. The molecule has 1 rings (SSSR count). The highest BCUT2D eigenvalue weighted by Crippen LogP contribution is 2.24. The number of aryl methyl sites for hydroxylation is 2. The molecule has 0 saturated carbocycles. The Bertz CT molecular complexity index is 334. The topological polar surface area (TPSA) is 17.8 Å². The van der Waals surface area contributed by atoms with E-state index in [0.717, 1.165) is 29.3 Å². The molecule has 0 amide bonds. The molecule has 1 aromatic rings. The smallest absolute Gasteiger partial charge is 0.0846 e. The van der Waals surface area contributed by atoms with Crippen LogP contribution >= 0.6 is 27.5 Å². The highest BCUT2D eigenvalue weighted by molar-refractivity contribution is 9.09. The summed E-state index contributed by atoms with van der Waals surface area (Å²) in [5, 5.41) is 5.12. The van der Waals surface area contributed by atoms with Gasteiger partial charge in [-0.25, -0.2) is 0 Å². The van der Waals surface area contributed by atoms with E-state index in [1.807, 2.05) is 18.7 Å². The summed E-state index contributed by atoms with van der Waals surface area (Å²) in [6.07, 6.45) is 2.07. The molecule has 0 fully saturated rings. The van der Waals surface area contributed by atoms with Crippen LogP contribution < -0.4 is 0 Å². The van der Waals surface area contributed by atoms with Gasteiger partial charge in [0.1, 0.15) is 0 Å². The van der Waals surface area contributed by atoms with Crippen LogP contribution in [0.15, 0.2) is 0 Å². The predicted molar refractivity (Wildman–Crippen MR) is 68.8 cm³/mol. The van der Waals surface area contributed by atoms with Gasteiger partial charge < -0.3 is 0 Å². The van der Waals surface area contributed by atoms with Crippen LogP contribution in [0.4, 0.5) is 0 Å². The molecule has 1 atom stereocenters. The van der Waals surface area contributed by atoms with Crippen LogP contribution in [0.5, 0.6) is 0 Å². The van der Waals surface area contributed by atoms with Gasteiger partial charge in [-0.2, -0.15) is 5.10 Å². The van der Waals surface area contributed by atoms with Crippen molar-refractivity contribution in [2.45, 2.75) is 38.4 Å². The van der Waals surface area contributed by atoms with Gasteiger partial charge in [0.25, 0.3) is 0 Å². The lowest BCUT2D eigenvalue weighted by molar-refractivity contribution is 0.568. The van der Waals surface area contributed by atoms with Gasteiger partial charge in [-0.05, 0) is 25.7 Å². The second-order valence-corrected chi connectivity index (χ2v) is 5.82. The number of alkyl halides is 1. The predicted octanol–water partition coefficient (Wildman–Crippen LogP) is 3.73. The van der Waals surface area contributed by atoms with Crippen molar-refractivity contribution in [3.63, 3.8) is 0 Å². The molecule has 4 heteroatoms. The zero-order valence-electron chi connectivity index (χ0n) is 9.72. The van der Waals surface area contributed by atoms with Gasteiger partial charge >= 0.3 is 0 Å². The first-order valence-corrected chi connectivity index (χ1v) is 6.55. The molecular weight excluding hydrogens is 275 g/mol. The molecule has 0 aromatic carbocycles. The lowest BCUT2D eigenvalue weighted by atomic mass is 10.1. The van der Waals surface area contributed by atoms with Gasteiger partial charge in [0.15, 0.2) is 0 Å². The third-order valence-electron chi connectivity index (χ3n) is 2.64. The zero-order valence-corrected chi connectivity index (χ0v) is 12.1. The molecule has 2 nitrogen and oxygen atoms in total. The number of rotatable bonds is 4. The van der Waals surface area contributed by atoms with E-state index in [1.54, 1.807) is 0 Å². The Balaban J connectivity index is 2.65. The Hall–Kier alpha value is -0.0200. The third-order valence-corrected chi connectivity index (χ3v) is 4.65. The molecule has 0 aliphatic rings. The maximum atomic E-state index is 6.18. The van der Waals surface area contributed by atoms with Crippen LogP contribution in [0.25, 0.3) is 0 Å². The first kappa shape index (κ1) is 13.0. The van der Waals surface area contributed by atoms with Crippen molar-refractivity contribution in [2.75, 3.05) is 0 Å². The highest BCUT2D eigenvalue weighted by atomic mass is 79.9. The molecule has 86 valence electrons. The van der Waals surface area contributed by atoms with Crippen molar-refractivity contribution in [3.8, 4) is 0 Å². The monoisotopic (exact) mass is 292 g/mol. The summed E-state index contributed by atoms with van der Waals surface area (Å²) in [4.78, 5) is 0.545. The van der Waals surface area contributed by atoms with Gasteiger partial charge in [-0.1, -0.05) is 41.4 Å². The number of hydrogen-bond donors (Lipinski definition) is 0. The first-order valence-electron chi connectivity index (χ1n) is 5.25. The molecule has 0 spiro atoms. The Labute approximate surface area is 105 Å². The number of nitrogens with zero attached hydrogens (tertiary/aromatic N) is 2. The molecule has 1 aromatic heterocycles. The van der Waals surface area contributed by atoms with Gasteiger partial charge in [-0.3, -0.25) is 4.68 Å². The molecule has 1 unspecified atom stereocenters. The van der Waals surface area contributed by atoms with Crippen LogP contribution in [-0.4, -0.2) is 14.6 Å². The van der Waals surface area contributed by atoms with Crippen molar-refractivity contribution in [3.05, 3.63) is 16.4 Å². The fourth-order valence-corrected chi connectivity index (χ4v) is 2.04. The van der Waals surface area contributed by atoms with E-state index >= 15 is 0 Å². The maximum absolute atomic E-state index is 6.18. The second-order valence-electron chi connectivity index (χ2n) is 4.27. The Morgan fingerprint density at radius 1 is 1.47 bits per heavy atom. The summed E-state index contributed by atoms with van der Waals surface area (Å²) >= 11 is 9.86. The lowest BCUT2D eigenvalue weighted by Crippen LogP contribution is -2.10. The van der Waals surface area contributed by atoms with Gasteiger partial charge in [-0.15, -0.1) is 0 Å². The van der Waals surface area contributed by atoms with Gasteiger partial charge in [0, 0.05) is 11.9 Å².